The van der Waals surface area contributed by atoms with E-state index in [-0.39, 0.29) is 32.8 Å². The van der Waals surface area contributed by atoms with E-state index in [0.29, 0.717) is 0 Å². The van der Waals surface area contributed by atoms with Gasteiger partial charge in [0.15, 0.2) is 0 Å². The van der Waals surface area contributed by atoms with Gasteiger partial charge >= 0.3 is 18.8 Å². The maximum Gasteiger partial charge on any atom is 0.582 e. The first-order valence-electron chi connectivity index (χ1n) is 6.73. The van der Waals surface area contributed by atoms with Gasteiger partial charge in [-0.25, -0.2) is 9.59 Å². The molecule has 0 aliphatic heterocycles. The molecule has 2 radical (unpaired) electrons. The molecule has 23 heavy (non-hydrogen) atoms. The molecule has 0 spiro atoms. The van der Waals surface area contributed by atoms with Crippen molar-refractivity contribution in [1.29, 1.82) is 0 Å². The van der Waals surface area contributed by atoms with E-state index in [0.717, 1.165) is 0 Å². The lowest BCUT2D eigenvalue weighted by Crippen LogP contribution is -2.32. The highest BCUT2D eigenvalue weighted by Gasteiger charge is 2.27. The van der Waals surface area contributed by atoms with Crippen molar-refractivity contribution < 1.29 is 48.2 Å². The van der Waals surface area contributed by atoms with Crippen LogP contribution in [0.3, 0.4) is 0 Å². The van der Waals surface area contributed by atoms with Crippen molar-refractivity contribution in [2.24, 2.45) is 0 Å². The van der Waals surface area contributed by atoms with Gasteiger partial charge in [-0.3, -0.25) is 4.89 Å². The molecule has 0 saturated heterocycles. The van der Waals surface area contributed by atoms with E-state index < -0.39 is 24.0 Å². The van der Waals surface area contributed by atoms with Crippen molar-refractivity contribution in [2.75, 3.05) is 26.4 Å². The van der Waals surface area contributed by atoms with Gasteiger partial charge in [-0.1, -0.05) is 0 Å². The lowest BCUT2D eigenvalue weighted by molar-refractivity contribution is -0.322. The minimum absolute atomic E-state index is 0.0377. The molecule has 10 nitrogen and oxygen atoms in total. The molecular formula is C13H20O10. The smallest absolute Gasteiger partial charge is 0.455 e. The lowest BCUT2D eigenvalue weighted by Gasteiger charge is -2.24. The molecule has 0 aromatic rings. The Morgan fingerprint density at radius 2 is 1.78 bits per heavy atom. The van der Waals surface area contributed by atoms with E-state index in [2.05, 4.69) is 14.5 Å². The van der Waals surface area contributed by atoms with Gasteiger partial charge in [0.1, 0.15) is 24.9 Å². The zero-order chi connectivity index (χ0) is 17.7. The van der Waals surface area contributed by atoms with Crippen LogP contribution in [0.4, 0.5) is 9.59 Å². The first-order chi connectivity index (χ1) is 10.8. The van der Waals surface area contributed by atoms with Gasteiger partial charge in [-0.2, -0.15) is 14.8 Å². The van der Waals surface area contributed by atoms with Gasteiger partial charge in [-0.15, -0.1) is 0 Å². The SMILES string of the molecule is CC(CC(C)(C)OOC([O])=O)OC(=O)OCCOCCO[C]=O. The number of carbonyl (C=O) groups excluding carboxylic acids is 3. The molecule has 1 atom stereocenters. The molecule has 0 amide bonds. The van der Waals surface area contributed by atoms with E-state index in [1.54, 1.807) is 20.8 Å². The molecule has 0 N–H and O–H groups in total. The molecule has 0 saturated carbocycles. The van der Waals surface area contributed by atoms with E-state index in [9.17, 15) is 19.5 Å². The fourth-order valence-corrected chi connectivity index (χ4v) is 1.54. The summed E-state index contributed by atoms with van der Waals surface area (Å²) >= 11 is 0. The number of carbonyl (C=O) groups is 2. The van der Waals surface area contributed by atoms with Crippen molar-refractivity contribution in [3.63, 3.8) is 0 Å². The highest BCUT2D eigenvalue weighted by Crippen LogP contribution is 2.19. The monoisotopic (exact) mass is 336 g/mol. The van der Waals surface area contributed by atoms with Crippen LogP contribution in [0, 0.1) is 0 Å². The van der Waals surface area contributed by atoms with E-state index in [1.165, 1.54) is 6.47 Å². The van der Waals surface area contributed by atoms with Crippen LogP contribution in [-0.2, 0) is 38.6 Å². The third-order valence-electron chi connectivity index (χ3n) is 2.25. The van der Waals surface area contributed by atoms with Gasteiger partial charge in [0.2, 0.25) is 0 Å². The molecule has 0 aromatic heterocycles. The number of rotatable bonds is 12. The number of hydrogen-bond acceptors (Lipinski definition) is 9. The summed E-state index contributed by atoms with van der Waals surface area (Å²) in [4.78, 5) is 39.8. The van der Waals surface area contributed by atoms with E-state index in [4.69, 9.17) is 14.2 Å². The van der Waals surface area contributed by atoms with Crippen molar-refractivity contribution in [1.82, 2.24) is 0 Å². The van der Waals surface area contributed by atoms with Crippen LogP contribution in [-0.4, -0.2) is 56.9 Å². The summed E-state index contributed by atoms with van der Waals surface area (Å²) in [5.74, 6) is 0. The second-order valence-corrected chi connectivity index (χ2v) is 4.95. The maximum absolute atomic E-state index is 11.4. The number of hydrogen-bond donors (Lipinski definition) is 0. The Hall–Kier alpha value is -2.07. The minimum Gasteiger partial charge on any atom is -0.455 e. The molecule has 0 aliphatic rings. The third-order valence-corrected chi connectivity index (χ3v) is 2.25. The largest absolute Gasteiger partial charge is 0.582 e. The predicted molar refractivity (Wildman–Crippen MR) is 71.3 cm³/mol. The number of ether oxygens (including phenoxy) is 4. The normalized spacial score (nSPS) is 12.1. The summed E-state index contributed by atoms with van der Waals surface area (Å²) < 4.78 is 19.0. The van der Waals surface area contributed by atoms with Gasteiger partial charge in [0.05, 0.1) is 13.2 Å². The van der Waals surface area contributed by atoms with Crippen LogP contribution in [0.5, 0.6) is 0 Å². The van der Waals surface area contributed by atoms with Gasteiger partial charge in [0, 0.05) is 6.42 Å². The van der Waals surface area contributed by atoms with Crippen LogP contribution >= 0.6 is 0 Å². The Balaban J connectivity index is 3.79. The highest BCUT2D eigenvalue weighted by molar-refractivity contribution is 5.60. The van der Waals surface area contributed by atoms with Crippen LogP contribution in [0.1, 0.15) is 27.2 Å². The molecule has 1 unspecified atom stereocenters. The molecule has 0 aromatic carbocycles. The summed E-state index contributed by atoms with van der Waals surface area (Å²) in [6.45, 7) is 6.22. The molecule has 0 aliphatic carbocycles. The molecule has 0 fully saturated rings. The molecule has 10 heteroatoms. The Morgan fingerprint density at radius 3 is 2.39 bits per heavy atom. The summed E-state index contributed by atoms with van der Waals surface area (Å²) in [5.41, 5.74) is -1.02. The van der Waals surface area contributed by atoms with Gasteiger partial charge < -0.3 is 18.9 Å². The molecular weight excluding hydrogens is 316 g/mol. The summed E-state index contributed by atoms with van der Waals surface area (Å²) in [5, 5.41) is 10.1. The fraction of sp³-hybridized carbons (Fsp3) is 0.769. The van der Waals surface area contributed by atoms with Crippen LogP contribution in [0.2, 0.25) is 0 Å². The first-order valence-corrected chi connectivity index (χ1v) is 6.73. The second-order valence-electron chi connectivity index (χ2n) is 4.95. The average Bonchev–Trinajstić information content (AvgIpc) is 2.43. The zero-order valence-corrected chi connectivity index (χ0v) is 13.2. The Kier molecular flexibility index (Phi) is 10.5. The Morgan fingerprint density at radius 1 is 1.13 bits per heavy atom. The summed E-state index contributed by atoms with van der Waals surface area (Å²) in [7, 11) is 0. The topological polar surface area (TPSA) is 126 Å². The minimum atomic E-state index is -1.82. The zero-order valence-electron chi connectivity index (χ0n) is 13.2. The molecule has 0 heterocycles. The van der Waals surface area contributed by atoms with Crippen molar-refractivity contribution in [2.45, 2.75) is 38.9 Å². The van der Waals surface area contributed by atoms with Gasteiger partial charge in [0.25, 0.3) is 0 Å². The van der Waals surface area contributed by atoms with Crippen LogP contribution in [0.25, 0.3) is 0 Å². The van der Waals surface area contributed by atoms with Crippen LogP contribution in [0.15, 0.2) is 0 Å². The van der Waals surface area contributed by atoms with Crippen molar-refractivity contribution in [3.8, 4) is 0 Å². The maximum atomic E-state index is 11.4. The van der Waals surface area contributed by atoms with Crippen molar-refractivity contribution in [3.05, 3.63) is 0 Å². The Bertz CT molecular complexity index is 368. The third kappa shape index (κ3) is 13.3. The van der Waals surface area contributed by atoms with Gasteiger partial charge in [-0.05, 0) is 20.8 Å². The molecule has 0 rings (SSSR count). The molecule has 0 bridgehead atoms. The predicted octanol–water partition coefficient (Wildman–Crippen LogP) is 1.30. The lowest BCUT2D eigenvalue weighted by atomic mass is 10.0. The van der Waals surface area contributed by atoms with Crippen LogP contribution < -0.4 is 0 Å². The standard InChI is InChI=1S/C13H20O10/c1-10(8-13(2,3)23-22-11(15)16)21-12(17)20-7-6-18-4-5-19-9-14/h10H,4-8H2,1-3H3. The summed E-state index contributed by atoms with van der Waals surface area (Å²) in [6.07, 6.45) is -3.18. The Labute approximate surface area is 133 Å². The summed E-state index contributed by atoms with van der Waals surface area (Å²) in [6, 6.07) is 0. The first kappa shape index (κ1) is 20.9. The quantitative estimate of drug-likeness (QED) is 0.224. The van der Waals surface area contributed by atoms with E-state index in [1.807, 2.05) is 0 Å². The fourth-order valence-electron chi connectivity index (χ4n) is 1.54. The second kappa shape index (κ2) is 11.5. The van der Waals surface area contributed by atoms with E-state index >= 15 is 0 Å². The average molecular weight is 336 g/mol. The highest BCUT2D eigenvalue weighted by atomic mass is 17.2. The molecule has 132 valence electrons. The van der Waals surface area contributed by atoms with Crippen molar-refractivity contribution >= 4 is 18.8 Å².